The molecule has 3 N–H and O–H groups in total. The van der Waals surface area contributed by atoms with Crippen molar-refractivity contribution in [2.24, 2.45) is 5.73 Å². The van der Waals surface area contributed by atoms with Crippen LogP contribution in [-0.4, -0.2) is 29.8 Å². The van der Waals surface area contributed by atoms with E-state index in [2.05, 4.69) is 38.1 Å². The summed E-state index contributed by atoms with van der Waals surface area (Å²) in [5, 5.41) is 10.00. The SMILES string of the molecule is CC(C)c1cccc(C2(N)CCN(C)C(O)C2)c1. The monoisotopic (exact) mass is 248 g/mol. The Labute approximate surface area is 110 Å². The van der Waals surface area contributed by atoms with E-state index in [-0.39, 0.29) is 0 Å². The van der Waals surface area contributed by atoms with Crippen LogP contribution >= 0.6 is 0 Å². The molecular formula is C15H24N2O. The predicted molar refractivity (Wildman–Crippen MR) is 74.3 cm³/mol. The van der Waals surface area contributed by atoms with Gasteiger partial charge >= 0.3 is 0 Å². The third-order valence-corrected chi connectivity index (χ3v) is 4.09. The fourth-order valence-electron chi connectivity index (χ4n) is 2.58. The number of piperidine rings is 1. The molecule has 0 radical (unpaired) electrons. The molecule has 0 spiro atoms. The quantitative estimate of drug-likeness (QED) is 0.841. The molecule has 0 saturated carbocycles. The predicted octanol–water partition coefficient (Wildman–Crippen LogP) is 2.01. The molecule has 100 valence electrons. The van der Waals surface area contributed by atoms with Crippen LogP contribution in [0.2, 0.25) is 0 Å². The first-order valence-corrected chi connectivity index (χ1v) is 6.70. The van der Waals surface area contributed by atoms with Crippen LogP contribution in [0.5, 0.6) is 0 Å². The molecule has 1 aliphatic rings. The first kappa shape index (κ1) is 13.5. The first-order chi connectivity index (χ1) is 8.42. The standard InChI is InChI=1S/C15H24N2O/c1-11(2)12-5-4-6-13(9-12)15(16)7-8-17(3)14(18)10-15/h4-6,9,11,14,18H,7-8,10,16H2,1-3H3. The lowest BCUT2D eigenvalue weighted by molar-refractivity contribution is -0.0351. The summed E-state index contributed by atoms with van der Waals surface area (Å²) >= 11 is 0. The summed E-state index contributed by atoms with van der Waals surface area (Å²) in [5.74, 6) is 0.504. The molecule has 3 nitrogen and oxygen atoms in total. The number of hydrogen-bond donors (Lipinski definition) is 2. The van der Waals surface area contributed by atoms with E-state index < -0.39 is 11.8 Å². The number of aliphatic hydroxyl groups is 1. The summed E-state index contributed by atoms with van der Waals surface area (Å²) < 4.78 is 0. The highest BCUT2D eigenvalue weighted by molar-refractivity contribution is 5.31. The molecule has 3 heteroatoms. The van der Waals surface area contributed by atoms with E-state index in [0.717, 1.165) is 18.5 Å². The van der Waals surface area contributed by atoms with Crippen LogP contribution in [-0.2, 0) is 5.54 Å². The zero-order valence-electron chi connectivity index (χ0n) is 11.6. The Kier molecular flexibility index (Phi) is 3.76. The first-order valence-electron chi connectivity index (χ1n) is 6.70. The largest absolute Gasteiger partial charge is 0.378 e. The Morgan fingerprint density at radius 2 is 2.17 bits per heavy atom. The van der Waals surface area contributed by atoms with Gasteiger partial charge in [0.2, 0.25) is 0 Å². The minimum absolute atomic E-state index is 0.392. The Morgan fingerprint density at radius 1 is 1.44 bits per heavy atom. The molecular weight excluding hydrogens is 224 g/mol. The van der Waals surface area contributed by atoms with Gasteiger partial charge in [-0.25, -0.2) is 0 Å². The van der Waals surface area contributed by atoms with E-state index in [4.69, 9.17) is 5.73 Å². The minimum Gasteiger partial charge on any atom is -0.378 e. The Morgan fingerprint density at radius 3 is 2.78 bits per heavy atom. The summed E-state index contributed by atoms with van der Waals surface area (Å²) in [6.45, 7) is 5.21. The fourth-order valence-corrected chi connectivity index (χ4v) is 2.58. The molecule has 18 heavy (non-hydrogen) atoms. The second-order valence-corrected chi connectivity index (χ2v) is 5.85. The second kappa shape index (κ2) is 5.00. The van der Waals surface area contributed by atoms with Gasteiger partial charge in [-0.15, -0.1) is 0 Å². The maximum atomic E-state index is 10.00. The van der Waals surface area contributed by atoms with E-state index in [1.807, 2.05) is 11.9 Å². The lowest BCUT2D eigenvalue weighted by Gasteiger charge is -2.41. The molecule has 1 fully saturated rings. The molecule has 0 amide bonds. The van der Waals surface area contributed by atoms with Crippen molar-refractivity contribution in [3.63, 3.8) is 0 Å². The highest BCUT2D eigenvalue weighted by Crippen LogP contribution is 2.33. The number of benzene rings is 1. The summed E-state index contributed by atoms with van der Waals surface area (Å²) in [6, 6.07) is 8.50. The van der Waals surface area contributed by atoms with Crippen molar-refractivity contribution >= 4 is 0 Å². The molecule has 2 rings (SSSR count). The van der Waals surface area contributed by atoms with E-state index >= 15 is 0 Å². The highest BCUT2D eigenvalue weighted by Gasteiger charge is 2.36. The van der Waals surface area contributed by atoms with Gasteiger partial charge in [0.1, 0.15) is 6.23 Å². The Hall–Kier alpha value is -0.900. The third kappa shape index (κ3) is 2.58. The molecule has 2 unspecified atom stereocenters. The van der Waals surface area contributed by atoms with Crippen molar-refractivity contribution in [1.82, 2.24) is 4.90 Å². The number of aliphatic hydroxyl groups excluding tert-OH is 1. The van der Waals surface area contributed by atoms with Crippen LogP contribution < -0.4 is 5.73 Å². The molecule has 2 atom stereocenters. The van der Waals surface area contributed by atoms with Crippen molar-refractivity contribution in [3.05, 3.63) is 35.4 Å². The number of nitrogens with zero attached hydrogens (tertiary/aromatic N) is 1. The molecule has 0 aliphatic carbocycles. The van der Waals surface area contributed by atoms with Crippen molar-refractivity contribution in [2.45, 2.75) is 44.4 Å². The number of nitrogens with two attached hydrogens (primary N) is 1. The minimum atomic E-state index is -0.438. The van der Waals surface area contributed by atoms with Gasteiger partial charge in [-0.3, -0.25) is 4.90 Å². The number of hydrogen-bond acceptors (Lipinski definition) is 3. The zero-order chi connectivity index (χ0) is 13.3. The molecule has 0 bridgehead atoms. The second-order valence-electron chi connectivity index (χ2n) is 5.85. The van der Waals surface area contributed by atoms with Crippen LogP contribution in [0.15, 0.2) is 24.3 Å². The average molecular weight is 248 g/mol. The maximum absolute atomic E-state index is 10.00. The number of likely N-dealkylation sites (tertiary alicyclic amines) is 1. The van der Waals surface area contributed by atoms with Crippen LogP contribution in [0.1, 0.15) is 43.7 Å². The smallest absolute Gasteiger partial charge is 0.109 e. The van der Waals surface area contributed by atoms with Crippen LogP contribution in [0.4, 0.5) is 0 Å². The zero-order valence-corrected chi connectivity index (χ0v) is 11.6. The molecule has 1 aromatic carbocycles. The summed E-state index contributed by atoms with van der Waals surface area (Å²) in [4.78, 5) is 1.96. The lowest BCUT2D eigenvalue weighted by atomic mass is 9.80. The van der Waals surface area contributed by atoms with Crippen molar-refractivity contribution in [2.75, 3.05) is 13.6 Å². The fraction of sp³-hybridized carbons (Fsp3) is 0.600. The topological polar surface area (TPSA) is 49.5 Å². The van der Waals surface area contributed by atoms with Gasteiger partial charge in [0, 0.05) is 18.5 Å². The van der Waals surface area contributed by atoms with Crippen LogP contribution in [0, 0.1) is 0 Å². The van der Waals surface area contributed by atoms with E-state index in [1.54, 1.807) is 0 Å². The Balaban J connectivity index is 2.27. The van der Waals surface area contributed by atoms with Gasteiger partial charge in [0.15, 0.2) is 0 Å². The van der Waals surface area contributed by atoms with Crippen LogP contribution in [0.25, 0.3) is 0 Å². The summed E-state index contributed by atoms with van der Waals surface area (Å²) in [7, 11) is 1.94. The van der Waals surface area contributed by atoms with Crippen molar-refractivity contribution < 1.29 is 5.11 Å². The van der Waals surface area contributed by atoms with Gasteiger partial charge < -0.3 is 10.8 Å². The van der Waals surface area contributed by atoms with E-state index in [1.165, 1.54) is 5.56 Å². The third-order valence-electron chi connectivity index (χ3n) is 4.09. The van der Waals surface area contributed by atoms with E-state index in [0.29, 0.717) is 12.3 Å². The van der Waals surface area contributed by atoms with Gasteiger partial charge in [0.05, 0.1) is 0 Å². The highest BCUT2D eigenvalue weighted by atomic mass is 16.3. The Bertz CT molecular complexity index is 419. The van der Waals surface area contributed by atoms with Crippen molar-refractivity contribution in [1.29, 1.82) is 0 Å². The molecule has 1 aromatic rings. The molecule has 0 aromatic heterocycles. The van der Waals surface area contributed by atoms with Crippen LogP contribution in [0.3, 0.4) is 0 Å². The lowest BCUT2D eigenvalue weighted by Crippen LogP contribution is -2.51. The maximum Gasteiger partial charge on any atom is 0.109 e. The van der Waals surface area contributed by atoms with Gasteiger partial charge in [0.25, 0.3) is 0 Å². The van der Waals surface area contributed by atoms with Crippen molar-refractivity contribution in [3.8, 4) is 0 Å². The van der Waals surface area contributed by atoms with Gasteiger partial charge in [-0.1, -0.05) is 38.1 Å². The summed E-state index contributed by atoms with van der Waals surface area (Å²) in [6.07, 6.45) is 1.05. The average Bonchev–Trinajstić information content (AvgIpc) is 2.34. The number of rotatable bonds is 2. The molecule has 1 heterocycles. The van der Waals surface area contributed by atoms with Gasteiger partial charge in [-0.2, -0.15) is 0 Å². The molecule has 1 saturated heterocycles. The van der Waals surface area contributed by atoms with E-state index in [9.17, 15) is 5.11 Å². The summed E-state index contributed by atoms with van der Waals surface area (Å²) in [5.41, 5.74) is 8.59. The molecule has 1 aliphatic heterocycles. The van der Waals surface area contributed by atoms with Gasteiger partial charge in [-0.05, 0) is 30.5 Å². The normalized spacial score (nSPS) is 29.8.